The molecule has 3 nitrogen and oxygen atoms in total. The Morgan fingerprint density at radius 2 is 1.80 bits per heavy atom. The van der Waals surface area contributed by atoms with Crippen molar-refractivity contribution in [2.45, 2.75) is 69.9 Å². The van der Waals surface area contributed by atoms with Gasteiger partial charge in [-0.05, 0) is 65.1 Å². The number of hydrogen-bond donors (Lipinski definition) is 2. The Kier molecular flexibility index (Phi) is 10.9. The summed E-state index contributed by atoms with van der Waals surface area (Å²) in [6, 6.07) is 0.725. The van der Waals surface area contributed by atoms with Crippen LogP contribution in [0.25, 0.3) is 0 Å². The topological polar surface area (TPSA) is 33.3 Å². The second kappa shape index (κ2) is 12.4. The minimum absolute atomic E-state index is 0.528. The molecule has 0 saturated heterocycles. The van der Waals surface area contributed by atoms with Crippen LogP contribution in [-0.2, 0) is 4.74 Å². The molecule has 0 aromatic rings. The molecule has 0 aliphatic heterocycles. The van der Waals surface area contributed by atoms with E-state index in [4.69, 9.17) is 4.74 Å². The summed E-state index contributed by atoms with van der Waals surface area (Å²) >= 11 is 0. The van der Waals surface area contributed by atoms with E-state index < -0.39 is 0 Å². The zero-order valence-corrected chi connectivity index (χ0v) is 13.3. The highest BCUT2D eigenvalue weighted by atomic mass is 16.5. The van der Waals surface area contributed by atoms with Crippen molar-refractivity contribution in [3.8, 4) is 0 Å². The third kappa shape index (κ3) is 8.72. The van der Waals surface area contributed by atoms with Crippen LogP contribution >= 0.6 is 0 Å². The average Bonchev–Trinajstić information content (AvgIpc) is 2.50. The molecule has 1 rings (SSSR count). The van der Waals surface area contributed by atoms with Gasteiger partial charge in [-0.15, -0.1) is 6.58 Å². The molecule has 3 heteroatoms. The van der Waals surface area contributed by atoms with Crippen LogP contribution in [0.2, 0.25) is 0 Å². The minimum atomic E-state index is 0.528. The quantitative estimate of drug-likeness (QED) is 0.426. The van der Waals surface area contributed by atoms with Crippen LogP contribution in [0, 0.1) is 0 Å². The van der Waals surface area contributed by atoms with Crippen molar-refractivity contribution in [3.05, 3.63) is 12.7 Å². The summed E-state index contributed by atoms with van der Waals surface area (Å²) in [4.78, 5) is 0. The van der Waals surface area contributed by atoms with Crippen molar-refractivity contribution in [1.29, 1.82) is 0 Å². The number of rotatable bonds is 12. The molecule has 2 N–H and O–H groups in total. The Labute approximate surface area is 125 Å². The van der Waals surface area contributed by atoms with Crippen molar-refractivity contribution in [2.24, 2.45) is 0 Å². The molecule has 1 aliphatic rings. The summed E-state index contributed by atoms with van der Waals surface area (Å²) in [6.45, 7) is 6.89. The lowest BCUT2D eigenvalue weighted by atomic mass is 9.93. The average molecular weight is 282 g/mol. The lowest BCUT2D eigenvalue weighted by Crippen LogP contribution is -2.33. The smallest absolute Gasteiger partial charge is 0.0576 e. The van der Waals surface area contributed by atoms with E-state index in [0.29, 0.717) is 6.10 Å². The van der Waals surface area contributed by atoms with Gasteiger partial charge in [0.15, 0.2) is 0 Å². The summed E-state index contributed by atoms with van der Waals surface area (Å²) < 4.78 is 5.98. The van der Waals surface area contributed by atoms with Crippen molar-refractivity contribution >= 4 is 0 Å². The SMILES string of the molecule is C=CCCNCCCCCCO[C@H]1CC[C@H](NC)CC1. The van der Waals surface area contributed by atoms with Gasteiger partial charge in [-0.2, -0.15) is 0 Å². The molecule has 1 saturated carbocycles. The summed E-state index contributed by atoms with van der Waals surface area (Å²) in [6.07, 6.45) is 13.7. The minimum Gasteiger partial charge on any atom is -0.378 e. The van der Waals surface area contributed by atoms with Crippen LogP contribution in [0.1, 0.15) is 57.8 Å². The fourth-order valence-electron chi connectivity index (χ4n) is 2.80. The second-order valence-corrected chi connectivity index (χ2v) is 5.87. The highest BCUT2D eigenvalue weighted by Gasteiger charge is 2.19. The van der Waals surface area contributed by atoms with Gasteiger partial charge in [-0.1, -0.05) is 18.9 Å². The van der Waals surface area contributed by atoms with Gasteiger partial charge in [0.25, 0.3) is 0 Å². The summed E-state index contributed by atoms with van der Waals surface area (Å²) in [5.41, 5.74) is 0. The third-order valence-electron chi connectivity index (χ3n) is 4.21. The highest BCUT2D eigenvalue weighted by molar-refractivity contribution is 4.76. The first kappa shape index (κ1) is 17.7. The fraction of sp³-hybridized carbons (Fsp3) is 0.882. The second-order valence-electron chi connectivity index (χ2n) is 5.87. The maximum absolute atomic E-state index is 5.98. The van der Waals surface area contributed by atoms with E-state index in [1.165, 1.54) is 51.4 Å². The Hall–Kier alpha value is -0.380. The van der Waals surface area contributed by atoms with Crippen LogP contribution in [0.5, 0.6) is 0 Å². The van der Waals surface area contributed by atoms with E-state index in [2.05, 4.69) is 24.3 Å². The first-order valence-corrected chi connectivity index (χ1v) is 8.47. The summed E-state index contributed by atoms with van der Waals surface area (Å²) in [5, 5.41) is 6.80. The molecule has 20 heavy (non-hydrogen) atoms. The molecule has 0 amide bonds. The first-order valence-electron chi connectivity index (χ1n) is 8.47. The predicted octanol–water partition coefficient (Wildman–Crippen LogP) is 3.26. The number of ether oxygens (including phenoxy) is 1. The molecule has 0 aromatic carbocycles. The summed E-state index contributed by atoms with van der Waals surface area (Å²) in [7, 11) is 2.07. The number of unbranched alkanes of at least 4 members (excludes halogenated alkanes) is 3. The van der Waals surface area contributed by atoms with Gasteiger partial charge in [-0.3, -0.25) is 0 Å². The molecule has 0 unspecified atom stereocenters. The number of hydrogen-bond acceptors (Lipinski definition) is 3. The van der Waals surface area contributed by atoms with E-state index in [1.807, 2.05) is 6.08 Å². The molecule has 1 aliphatic carbocycles. The molecule has 0 spiro atoms. The standard InChI is InChI=1S/C17H34N2O/c1-3-4-13-19-14-7-5-6-8-15-20-17-11-9-16(18-2)10-12-17/h3,16-19H,1,4-15H2,2H3/t16-,17-. The predicted molar refractivity (Wildman–Crippen MR) is 87.2 cm³/mol. The third-order valence-corrected chi connectivity index (χ3v) is 4.21. The van der Waals surface area contributed by atoms with Crippen LogP contribution in [0.3, 0.4) is 0 Å². The first-order chi connectivity index (χ1) is 9.86. The van der Waals surface area contributed by atoms with Gasteiger partial charge in [0.05, 0.1) is 6.10 Å². The van der Waals surface area contributed by atoms with Crippen LogP contribution in [-0.4, -0.2) is 38.9 Å². The Balaban J connectivity index is 1.80. The van der Waals surface area contributed by atoms with E-state index >= 15 is 0 Å². The zero-order valence-electron chi connectivity index (χ0n) is 13.3. The Morgan fingerprint density at radius 1 is 1.05 bits per heavy atom. The van der Waals surface area contributed by atoms with E-state index in [-0.39, 0.29) is 0 Å². The Morgan fingerprint density at radius 3 is 2.50 bits per heavy atom. The van der Waals surface area contributed by atoms with Crippen molar-refractivity contribution in [1.82, 2.24) is 10.6 Å². The molecule has 0 atom stereocenters. The maximum atomic E-state index is 5.98. The molecule has 0 bridgehead atoms. The van der Waals surface area contributed by atoms with Gasteiger partial charge < -0.3 is 15.4 Å². The molecular formula is C17H34N2O. The van der Waals surface area contributed by atoms with Gasteiger partial charge in [0, 0.05) is 12.6 Å². The van der Waals surface area contributed by atoms with Crippen molar-refractivity contribution in [3.63, 3.8) is 0 Å². The highest BCUT2D eigenvalue weighted by Crippen LogP contribution is 2.21. The molecular weight excluding hydrogens is 248 g/mol. The maximum Gasteiger partial charge on any atom is 0.0576 e. The molecule has 0 heterocycles. The molecule has 0 radical (unpaired) electrons. The lowest BCUT2D eigenvalue weighted by Gasteiger charge is -2.28. The fourth-order valence-corrected chi connectivity index (χ4v) is 2.80. The normalized spacial score (nSPS) is 22.9. The lowest BCUT2D eigenvalue weighted by molar-refractivity contribution is 0.0210. The van der Waals surface area contributed by atoms with Gasteiger partial charge in [0.2, 0.25) is 0 Å². The number of nitrogens with one attached hydrogen (secondary N) is 2. The summed E-state index contributed by atoms with van der Waals surface area (Å²) in [5.74, 6) is 0. The van der Waals surface area contributed by atoms with Gasteiger partial charge >= 0.3 is 0 Å². The van der Waals surface area contributed by atoms with E-state index in [1.54, 1.807) is 0 Å². The van der Waals surface area contributed by atoms with E-state index in [0.717, 1.165) is 32.2 Å². The largest absolute Gasteiger partial charge is 0.378 e. The van der Waals surface area contributed by atoms with Crippen molar-refractivity contribution < 1.29 is 4.74 Å². The Bertz CT molecular complexity index is 225. The van der Waals surface area contributed by atoms with Gasteiger partial charge in [0.1, 0.15) is 0 Å². The van der Waals surface area contributed by atoms with Crippen molar-refractivity contribution in [2.75, 3.05) is 26.7 Å². The monoisotopic (exact) mass is 282 g/mol. The van der Waals surface area contributed by atoms with Crippen LogP contribution < -0.4 is 10.6 Å². The van der Waals surface area contributed by atoms with Gasteiger partial charge in [-0.25, -0.2) is 0 Å². The molecule has 0 aromatic heterocycles. The van der Waals surface area contributed by atoms with E-state index in [9.17, 15) is 0 Å². The molecule has 118 valence electrons. The van der Waals surface area contributed by atoms with Crippen LogP contribution in [0.15, 0.2) is 12.7 Å². The van der Waals surface area contributed by atoms with Crippen LogP contribution in [0.4, 0.5) is 0 Å². The molecule has 1 fully saturated rings. The zero-order chi connectivity index (χ0) is 14.5.